The molecule has 4 rings (SSSR count). The zero-order valence-electron chi connectivity index (χ0n) is 15.3. The number of piperidine rings is 1. The van der Waals surface area contributed by atoms with E-state index in [1.165, 1.54) is 4.68 Å². The van der Waals surface area contributed by atoms with Gasteiger partial charge in [-0.2, -0.15) is 10.2 Å². The van der Waals surface area contributed by atoms with Gasteiger partial charge in [0.1, 0.15) is 6.54 Å². The van der Waals surface area contributed by atoms with E-state index in [1.807, 2.05) is 47.5 Å². The van der Waals surface area contributed by atoms with Crippen molar-refractivity contribution in [3.63, 3.8) is 0 Å². The zero-order valence-corrected chi connectivity index (χ0v) is 15.3. The van der Waals surface area contributed by atoms with Crippen LogP contribution >= 0.6 is 0 Å². The van der Waals surface area contributed by atoms with Crippen molar-refractivity contribution in [3.05, 3.63) is 66.2 Å². The number of carboxylic acid groups (broad SMARTS) is 1. The summed E-state index contributed by atoms with van der Waals surface area (Å²) in [7, 11) is 0. The highest BCUT2D eigenvalue weighted by molar-refractivity contribution is 5.94. The van der Waals surface area contributed by atoms with E-state index >= 15 is 0 Å². The number of benzene rings is 1. The van der Waals surface area contributed by atoms with Crippen LogP contribution in [0.1, 0.15) is 34.8 Å². The minimum atomic E-state index is -0.927. The Morgan fingerprint density at radius 2 is 2.04 bits per heavy atom. The van der Waals surface area contributed by atoms with Crippen LogP contribution in [-0.2, 0) is 11.3 Å². The highest BCUT2D eigenvalue weighted by atomic mass is 16.4. The number of carboxylic acids is 1. The van der Waals surface area contributed by atoms with Crippen LogP contribution in [0.4, 0.5) is 0 Å². The zero-order chi connectivity index (χ0) is 19.5. The van der Waals surface area contributed by atoms with E-state index < -0.39 is 5.97 Å². The second-order valence-corrected chi connectivity index (χ2v) is 6.90. The molecule has 1 saturated heterocycles. The van der Waals surface area contributed by atoms with E-state index in [1.54, 1.807) is 17.1 Å². The highest BCUT2D eigenvalue weighted by Gasteiger charge is 2.28. The number of nitrogens with zero attached hydrogens (tertiary/aromatic N) is 5. The van der Waals surface area contributed by atoms with Gasteiger partial charge in [-0.25, -0.2) is 4.68 Å². The summed E-state index contributed by atoms with van der Waals surface area (Å²) in [5.74, 6) is -0.874. The van der Waals surface area contributed by atoms with Crippen LogP contribution in [0.15, 0.2) is 55.0 Å². The first-order chi connectivity index (χ1) is 13.6. The van der Waals surface area contributed by atoms with Crippen molar-refractivity contribution in [1.82, 2.24) is 24.5 Å². The molecule has 8 nitrogen and oxygen atoms in total. The summed E-state index contributed by atoms with van der Waals surface area (Å²) < 4.78 is 3.24. The quantitative estimate of drug-likeness (QED) is 0.733. The topological polar surface area (TPSA) is 93.3 Å². The van der Waals surface area contributed by atoms with Gasteiger partial charge < -0.3 is 10.0 Å². The number of carbonyl (C=O) groups is 2. The van der Waals surface area contributed by atoms with Gasteiger partial charge in [-0.05, 0) is 43.2 Å². The minimum Gasteiger partial charge on any atom is -0.480 e. The van der Waals surface area contributed by atoms with Crippen molar-refractivity contribution in [2.45, 2.75) is 25.3 Å². The van der Waals surface area contributed by atoms with Gasteiger partial charge in [-0.3, -0.25) is 14.3 Å². The molecule has 0 aliphatic carbocycles. The van der Waals surface area contributed by atoms with Crippen LogP contribution in [0.3, 0.4) is 0 Å². The molecule has 1 fully saturated rings. The number of rotatable bonds is 5. The summed E-state index contributed by atoms with van der Waals surface area (Å²) in [6, 6.07) is 11.1. The molecule has 0 spiro atoms. The molecule has 0 radical (unpaired) electrons. The minimum absolute atomic E-state index is 0.0250. The molecule has 1 aliphatic heterocycles. The van der Waals surface area contributed by atoms with Gasteiger partial charge in [0.15, 0.2) is 0 Å². The molecule has 0 unspecified atom stereocenters. The Labute approximate surface area is 162 Å². The maximum Gasteiger partial charge on any atom is 0.325 e. The molecule has 8 heteroatoms. The summed E-state index contributed by atoms with van der Waals surface area (Å²) >= 11 is 0. The van der Waals surface area contributed by atoms with E-state index in [0.29, 0.717) is 18.7 Å². The Morgan fingerprint density at radius 3 is 2.82 bits per heavy atom. The molecule has 1 N–H and O–H groups in total. The first-order valence-electron chi connectivity index (χ1n) is 9.24. The Morgan fingerprint density at radius 1 is 1.14 bits per heavy atom. The van der Waals surface area contributed by atoms with Crippen molar-refractivity contribution in [3.8, 4) is 5.69 Å². The fourth-order valence-corrected chi connectivity index (χ4v) is 3.74. The average Bonchev–Trinajstić information content (AvgIpc) is 3.39. The first-order valence-corrected chi connectivity index (χ1v) is 9.24. The van der Waals surface area contributed by atoms with Crippen molar-refractivity contribution < 1.29 is 14.7 Å². The van der Waals surface area contributed by atoms with E-state index in [9.17, 15) is 9.59 Å². The lowest BCUT2D eigenvalue weighted by Crippen LogP contribution is -2.39. The van der Waals surface area contributed by atoms with Crippen molar-refractivity contribution >= 4 is 11.9 Å². The molecule has 1 amide bonds. The van der Waals surface area contributed by atoms with Crippen molar-refractivity contribution in [2.75, 3.05) is 13.1 Å². The maximum atomic E-state index is 13.1. The van der Waals surface area contributed by atoms with E-state index in [0.717, 1.165) is 24.2 Å². The summed E-state index contributed by atoms with van der Waals surface area (Å²) in [4.78, 5) is 26.0. The molecule has 0 saturated carbocycles. The molecule has 1 aromatic carbocycles. The van der Waals surface area contributed by atoms with Crippen molar-refractivity contribution in [2.24, 2.45) is 0 Å². The number of hydrogen-bond acceptors (Lipinski definition) is 4. The van der Waals surface area contributed by atoms with Gasteiger partial charge >= 0.3 is 5.97 Å². The summed E-state index contributed by atoms with van der Waals surface area (Å²) in [5, 5.41) is 17.4. The second-order valence-electron chi connectivity index (χ2n) is 6.90. The van der Waals surface area contributed by atoms with Gasteiger partial charge in [-0.1, -0.05) is 6.07 Å². The number of hydrogen-bond donors (Lipinski definition) is 1. The number of aromatic nitrogens is 4. The molecular weight excluding hydrogens is 358 g/mol. The Kier molecular flexibility index (Phi) is 4.92. The molecule has 28 heavy (non-hydrogen) atoms. The fourth-order valence-electron chi connectivity index (χ4n) is 3.74. The van der Waals surface area contributed by atoms with E-state index in [4.69, 9.17) is 5.11 Å². The van der Waals surface area contributed by atoms with E-state index in [2.05, 4.69) is 10.2 Å². The number of amides is 1. The average molecular weight is 379 g/mol. The monoisotopic (exact) mass is 379 g/mol. The molecule has 0 bridgehead atoms. The molecule has 2 aromatic heterocycles. The molecule has 1 aliphatic rings. The van der Waals surface area contributed by atoms with Gasteiger partial charge in [0, 0.05) is 48.9 Å². The Hall–Kier alpha value is -3.42. The third-order valence-electron chi connectivity index (χ3n) is 5.02. The summed E-state index contributed by atoms with van der Waals surface area (Å²) in [6.45, 7) is 1.07. The lowest BCUT2D eigenvalue weighted by atomic mass is 9.94. The maximum absolute atomic E-state index is 13.1. The fraction of sp³-hybridized carbons (Fsp3) is 0.300. The standard InChI is InChI=1S/C20H21N5O3/c26-19(27)14-25-18(7-9-22-25)16-5-2-10-23(13-16)20(28)15-4-1-6-17(12-15)24-11-3-8-21-24/h1,3-4,6-9,11-12,16H,2,5,10,13-14H2,(H,26,27)/t16-/m1/s1. The predicted octanol–water partition coefficient (Wildman–Crippen LogP) is 2.17. The van der Waals surface area contributed by atoms with Crippen LogP contribution in [-0.4, -0.2) is 54.5 Å². The predicted molar refractivity (Wildman–Crippen MR) is 101 cm³/mol. The molecular formula is C20H21N5O3. The Balaban J connectivity index is 1.52. The molecule has 144 valence electrons. The number of carbonyl (C=O) groups excluding carboxylic acids is 1. The third-order valence-corrected chi connectivity index (χ3v) is 5.02. The van der Waals surface area contributed by atoms with Gasteiger partial charge in [0.25, 0.3) is 5.91 Å². The molecule has 3 heterocycles. The van der Waals surface area contributed by atoms with Crippen LogP contribution in [0.25, 0.3) is 5.69 Å². The van der Waals surface area contributed by atoms with Gasteiger partial charge in [-0.15, -0.1) is 0 Å². The number of aliphatic carboxylic acids is 1. The number of likely N-dealkylation sites (tertiary alicyclic amines) is 1. The summed E-state index contributed by atoms with van der Waals surface area (Å²) in [5.41, 5.74) is 2.32. The van der Waals surface area contributed by atoms with Crippen LogP contribution in [0, 0.1) is 0 Å². The third kappa shape index (κ3) is 3.66. The molecule has 1 atom stereocenters. The highest BCUT2D eigenvalue weighted by Crippen LogP contribution is 2.28. The van der Waals surface area contributed by atoms with Crippen LogP contribution in [0.5, 0.6) is 0 Å². The SMILES string of the molecule is O=C(O)Cn1nccc1[C@@H]1CCCN(C(=O)c2cccc(-n3cccn3)c2)C1. The lowest BCUT2D eigenvalue weighted by Gasteiger charge is -2.33. The van der Waals surface area contributed by atoms with E-state index in [-0.39, 0.29) is 18.4 Å². The lowest BCUT2D eigenvalue weighted by molar-refractivity contribution is -0.137. The Bertz CT molecular complexity index is 979. The second kappa shape index (κ2) is 7.67. The van der Waals surface area contributed by atoms with Crippen LogP contribution < -0.4 is 0 Å². The van der Waals surface area contributed by atoms with Gasteiger partial charge in [0.05, 0.1) is 5.69 Å². The first kappa shape index (κ1) is 18.0. The van der Waals surface area contributed by atoms with Crippen LogP contribution in [0.2, 0.25) is 0 Å². The smallest absolute Gasteiger partial charge is 0.325 e. The largest absolute Gasteiger partial charge is 0.480 e. The summed E-state index contributed by atoms with van der Waals surface area (Å²) in [6.07, 6.45) is 6.93. The van der Waals surface area contributed by atoms with Crippen molar-refractivity contribution in [1.29, 1.82) is 0 Å². The normalized spacial score (nSPS) is 16.9. The van der Waals surface area contributed by atoms with Gasteiger partial charge in [0.2, 0.25) is 0 Å². The molecule has 3 aromatic rings.